The molecule has 25 heavy (non-hydrogen) atoms. The zero-order valence-electron chi connectivity index (χ0n) is 13.9. The Bertz CT molecular complexity index is 800. The number of rotatable bonds is 4. The SMILES string of the molecule is COc1ccc(C(=O)C2CCN(C(=O)c3ccc(=O)[nH]n3)CC2)cc1. The largest absolute Gasteiger partial charge is 0.497 e. The first kappa shape index (κ1) is 16.9. The van der Waals surface area contributed by atoms with Crippen LogP contribution in [0.15, 0.2) is 41.2 Å². The van der Waals surface area contributed by atoms with Crippen molar-refractivity contribution in [1.29, 1.82) is 0 Å². The van der Waals surface area contributed by atoms with E-state index >= 15 is 0 Å². The first-order valence-electron chi connectivity index (χ1n) is 8.12. The molecule has 1 aromatic carbocycles. The lowest BCUT2D eigenvalue weighted by molar-refractivity contribution is 0.0644. The average molecular weight is 341 g/mol. The molecule has 0 atom stereocenters. The summed E-state index contributed by atoms with van der Waals surface area (Å²) in [5, 5.41) is 6.02. The molecule has 0 unspecified atom stereocenters. The number of H-pyrrole nitrogens is 1. The van der Waals surface area contributed by atoms with Gasteiger partial charge in [-0.05, 0) is 43.2 Å². The van der Waals surface area contributed by atoms with Crippen molar-refractivity contribution in [3.63, 3.8) is 0 Å². The van der Waals surface area contributed by atoms with Crippen LogP contribution in [0.5, 0.6) is 5.75 Å². The summed E-state index contributed by atoms with van der Waals surface area (Å²) in [6, 6.07) is 9.77. The van der Waals surface area contributed by atoms with Crippen molar-refractivity contribution in [2.24, 2.45) is 5.92 Å². The van der Waals surface area contributed by atoms with E-state index in [9.17, 15) is 14.4 Å². The number of ether oxygens (including phenoxy) is 1. The van der Waals surface area contributed by atoms with Gasteiger partial charge >= 0.3 is 0 Å². The molecule has 1 saturated heterocycles. The molecule has 1 N–H and O–H groups in total. The average Bonchev–Trinajstić information content (AvgIpc) is 2.67. The van der Waals surface area contributed by atoms with Crippen LogP contribution in [0.1, 0.15) is 33.7 Å². The Hall–Kier alpha value is -2.96. The Labute approximate surface area is 144 Å². The fraction of sp³-hybridized carbons (Fsp3) is 0.333. The van der Waals surface area contributed by atoms with Crippen molar-refractivity contribution >= 4 is 11.7 Å². The highest BCUT2D eigenvalue weighted by atomic mass is 16.5. The molecular weight excluding hydrogens is 322 g/mol. The molecule has 1 aromatic heterocycles. The minimum atomic E-state index is -0.347. The number of likely N-dealkylation sites (tertiary alicyclic amines) is 1. The zero-order valence-corrected chi connectivity index (χ0v) is 13.9. The maximum Gasteiger partial charge on any atom is 0.274 e. The lowest BCUT2D eigenvalue weighted by Gasteiger charge is -2.31. The number of Topliss-reactive ketones (excluding diaryl/α,β-unsaturated/α-hetero) is 1. The Morgan fingerprint density at radius 3 is 2.36 bits per heavy atom. The van der Waals surface area contributed by atoms with E-state index in [2.05, 4.69) is 10.2 Å². The van der Waals surface area contributed by atoms with Crippen LogP contribution < -0.4 is 10.3 Å². The van der Waals surface area contributed by atoms with Gasteiger partial charge in [0.2, 0.25) is 0 Å². The molecular formula is C18H19N3O4. The second-order valence-corrected chi connectivity index (χ2v) is 5.97. The van der Waals surface area contributed by atoms with Crippen molar-refractivity contribution < 1.29 is 14.3 Å². The standard InChI is InChI=1S/C18H19N3O4/c1-25-14-4-2-12(3-5-14)17(23)13-8-10-21(11-9-13)18(24)15-6-7-16(22)20-19-15/h2-7,13H,8-11H2,1H3,(H,20,22). The van der Waals surface area contributed by atoms with Crippen LogP contribution in [0.2, 0.25) is 0 Å². The fourth-order valence-electron chi connectivity index (χ4n) is 2.96. The molecule has 130 valence electrons. The molecule has 0 spiro atoms. The summed E-state index contributed by atoms with van der Waals surface area (Å²) in [6.45, 7) is 0.985. The first-order valence-corrected chi connectivity index (χ1v) is 8.12. The smallest absolute Gasteiger partial charge is 0.274 e. The zero-order chi connectivity index (χ0) is 17.8. The number of ketones is 1. The second-order valence-electron chi connectivity index (χ2n) is 5.97. The summed E-state index contributed by atoms with van der Waals surface area (Å²) < 4.78 is 5.10. The fourth-order valence-corrected chi connectivity index (χ4v) is 2.96. The quantitative estimate of drug-likeness (QED) is 0.851. The van der Waals surface area contributed by atoms with E-state index in [1.54, 1.807) is 36.3 Å². The number of carbonyl (C=O) groups is 2. The van der Waals surface area contributed by atoms with Crippen molar-refractivity contribution in [2.75, 3.05) is 20.2 Å². The highest BCUT2D eigenvalue weighted by Gasteiger charge is 2.28. The molecule has 0 saturated carbocycles. The summed E-state index contributed by atoms with van der Waals surface area (Å²) in [5.74, 6) is 0.481. The Balaban J connectivity index is 1.60. The summed E-state index contributed by atoms with van der Waals surface area (Å²) in [7, 11) is 1.58. The number of methoxy groups -OCH3 is 1. The number of amides is 1. The van der Waals surface area contributed by atoms with Gasteiger partial charge in [-0.1, -0.05) is 0 Å². The molecule has 0 aliphatic carbocycles. The van der Waals surface area contributed by atoms with Crippen LogP contribution in [0.25, 0.3) is 0 Å². The number of nitrogens with one attached hydrogen (secondary N) is 1. The minimum absolute atomic E-state index is 0.0944. The second kappa shape index (κ2) is 7.29. The minimum Gasteiger partial charge on any atom is -0.497 e. The van der Waals surface area contributed by atoms with Gasteiger partial charge in [-0.3, -0.25) is 14.4 Å². The van der Waals surface area contributed by atoms with E-state index in [-0.39, 0.29) is 28.9 Å². The van der Waals surface area contributed by atoms with Crippen LogP contribution in [0, 0.1) is 5.92 Å². The lowest BCUT2D eigenvalue weighted by atomic mass is 9.89. The van der Waals surface area contributed by atoms with Crippen LogP contribution in [0.4, 0.5) is 0 Å². The Kier molecular flexibility index (Phi) is 4.92. The van der Waals surface area contributed by atoms with Gasteiger partial charge in [-0.2, -0.15) is 5.10 Å². The summed E-state index contributed by atoms with van der Waals surface area (Å²) >= 11 is 0. The normalized spacial score (nSPS) is 15.0. The predicted octanol–water partition coefficient (Wildman–Crippen LogP) is 1.51. The van der Waals surface area contributed by atoms with Crippen LogP contribution in [-0.4, -0.2) is 47.0 Å². The molecule has 1 aliphatic heterocycles. The lowest BCUT2D eigenvalue weighted by Crippen LogP contribution is -2.40. The summed E-state index contributed by atoms with van der Waals surface area (Å²) in [6.07, 6.45) is 1.22. The van der Waals surface area contributed by atoms with E-state index in [4.69, 9.17) is 4.74 Å². The molecule has 7 heteroatoms. The number of benzene rings is 1. The van der Waals surface area contributed by atoms with Gasteiger partial charge in [-0.25, -0.2) is 5.10 Å². The summed E-state index contributed by atoms with van der Waals surface area (Å²) in [5.41, 5.74) is 0.521. The van der Waals surface area contributed by atoms with Gasteiger partial charge in [0.05, 0.1) is 7.11 Å². The maximum atomic E-state index is 12.6. The predicted molar refractivity (Wildman–Crippen MR) is 90.8 cm³/mol. The Morgan fingerprint density at radius 1 is 1.12 bits per heavy atom. The molecule has 2 heterocycles. The van der Waals surface area contributed by atoms with Crippen LogP contribution >= 0.6 is 0 Å². The molecule has 1 aliphatic rings. The van der Waals surface area contributed by atoms with Gasteiger partial charge in [0.25, 0.3) is 11.5 Å². The molecule has 0 bridgehead atoms. The first-order chi connectivity index (χ1) is 12.1. The van der Waals surface area contributed by atoms with E-state index in [1.807, 2.05) is 0 Å². The van der Waals surface area contributed by atoms with Crippen molar-refractivity contribution in [3.8, 4) is 5.75 Å². The third kappa shape index (κ3) is 3.76. The number of nitrogens with zero attached hydrogens (tertiary/aromatic N) is 2. The van der Waals surface area contributed by atoms with Gasteiger partial charge in [0.1, 0.15) is 11.4 Å². The third-order valence-corrected chi connectivity index (χ3v) is 4.43. The molecule has 7 nitrogen and oxygen atoms in total. The molecule has 1 fully saturated rings. The number of carbonyl (C=O) groups excluding carboxylic acids is 2. The van der Waals surface area contributed by atoms with Crippen molar-refractivity contribution in [3.05, 3.63) is 58.0 Å². The number of piperidine rings is 1. The summed E-state index contributed by atoms with van der Waals surface area (Å²) in [4.78, 5) is 37.6. The van der Waals surface area contributed by atoms with Crippen molar-refractivity contribution in [2.45, 2.75) is 12.8 Å². The topological polar surface area (TPSA) is 92.4 Å². The van der Waals surface area contributed by atoms with Gasteiger partial charge in [0.15, 0.2) is 5.78 Å². The monoisotopic (exact) mass is 341 g/mol. The highest BCUT2D eigenvalue weighted by molar-refractivity contribution is 5.98. The highest BCUT2D eigenvalue weighted by Crippen LogP contribution is 2.23. The van der Waals surface area contributed by atoms with E-state index < -0.39 is 0 Å². The van der Waals surface area contributed by atoms with E-state index in [0.717, 1.165) is 0 Å². The van der Waals surface area contributed by atoms with E-state index in [1.165, 1.54) is 12.1 Å². The molecule has 1 amide bonds. The number of hydrogen-bond acceptors (Lipinski definition) is 5. The van der Waals surface area contributed by atoms with Gasteiger partial charge in [0, 0.05) is 30.6 Å². The third-order valence-electron chi connectivity index (χ3n) is 4.43. The molecule has 2 aromatic rings. The van der Waals surface area contributed by atoms with Crippen LogP contribution in [-0.2, 0) is 0 Å². The molecule has 3 rings (SSSR count). The number of aromatic nitrogens is 2. The van der Waals surface area contributed by atoms with Gasteiger partial charge in [-0.15, -0.1) is 0 Å². The van der Waals surface area contributed by atoms with Crippen molar-refractivity contribution in [1.82, 2.24) is 15.1 Å². The maximum absolute atomic E-state index is 12.6. The number of hydrogen-bond donors (Lipinski definition) is 1. The van der Waals surface area contributed by atoms with Crippen LogP contribution in [0.3, 0.4) is 0 Å². The van der Waals surface area contributed by atoms with E-state index in [0.29, 0.717) is 37.2 Å². The number of aromatic amines is 1. The van der Waals surface area contributed by atoms with Gasteiger partial charge < -0.3 is 9.64 Å². The molecule has 0 radical (unpaired) electrons. The Morgan fingerprint density at radius 2 is 1.80 bits per heavy atom.